The SMILES string of the molecule is O=C1c2ccc(OS(=O)(=O)c3ccc(-c4ccc(Cl)cc4)cc3)cc2OC2(CCCCC2)N1Cc1ccccc1. The van der Waals surface area contributed by atoms with Crippen LogP contribution < -0.4 is 8.92 Å². The summed E-state index contributed by atoms with van der Waals surface area (Å²) in [6.45, 7) is 0.442. The van der Waals surface area contributed by atoms with E-state index in [-0.39, 0.29) is 16.6 Å². The number of fused-ring (bicyclic) bond motifs is 1. The van der Waals surface area contributed by atoms with Crippen molar-refractivity contribution in [2.45, 2.75) is 49.3 Å². The number of amides is 1. The van der Waals surface area contributed by atoms with Crippen molar-refractivity contribution >= 4 is 27.6 Å². The maximum absolute atomic E-state index is 13.8. The van der Waals surface area contributed by atoms with Crippen LogP contribution >= 0.6 is 11.6 Å². The molecule has 1 aliphatic carbocycles. The lowest BCUT2D eigenvalue weighted by Crippen LogP contribution is -2.59. The highest BCUT2D eigenvalue weighted by molar-refractivity contribution is 7.87. The molecule has 1 heterocycles. The lowest BCUT2D eigenvalue weighted by atomic mass is 9.87. The number of nitrogens with zero attached hydrogens (tertiary/aromatic N) is 1. The second-order valence-corrected chi connectivity index (χ2v) is 12.2. The van der Waals surface area contributed by atoms with E-state index in [0.29, 0.717) is 35.7 Å². The van der Waals surface area contributed by atoms with Crippen molar-refractivity contribution < 1.29 is 22.1 Å². The van der Waals surface area contributed by atoms with Crippen LogP contribution in [0.2, 0.25) is 5.02 Å². The third-order valence-electron chi connectivity index (χ3n) is 7.57. The van der Waals surface area contributed by atoms with Crippen LogP contribution in [-0.2, 0) is 16.7 Å². The summed E-state index contributed by atoms with van der Waals surface area (Å²) in [5.74, 6) is 0.317. The van der Waals surface area contributed by atoms with Gasteiger partial charge in [0.15, 0.2) is 5.72 Å². The normalized spacial score (nSPS) is 16.3. The van der Waals surface area contributed by atoms with Gasteiger partial charge in [-0.3, -0.25) is 9.69 Å². The summed E-state index contributed by atoms with van der Waals surface area (Å²) in [5, 5.41) is 0.630. The van der Waals surface area contributed by atoms with Crippen LogP contribution in [0.4, 0.5) is 0 Å². The molecule has 4 aromatic carbocycles. The Balaban J connectivity index is 1.26. The summed E-state index contributed by atoms with van der Waals surface area (Å²) in [4.78, 5) is 15.6. The molecule has 1 saturated carbocycles. The van der Waals surface area contributed by atoms with Gasteiger partial charge in [-0.05, 0) is 65.9 Å². The maximum Gasteiger partial charge on any atom is 0.339 e. The zero-order valence-electron chi connectivity index (χ0n) is 21.8. The van der Waals surface area contributed by atoms with Crippen molar-refractivity contribution in [3.05, 3.63) is 113 Å². The summed E-state index contributed by atoms with van der Waals surface area (Å²) in [5.41, 5.74) is 2.43. The first-order valence-corrected chi connectivity index (χ1v) is 15.1. The Kier molecular flexibility index (Phi) is 7.02. The molecule has 0 saturated heterocycles. The predicted molar refractivity (Wildman–Crippen MR) is 154 cm³/mol. The van der Waals surface area contributed by atoms with Gasteiger partial charge in [0, 0.05) is 30.5 Å². The van der Waals surface area contributed by atoms with Gasteiger partial charge in [-0.25, -0.2) is 0 Å². The molecule has 1 spiro atoms. The van der Waals surface area contributed by atoms with Crippen LogP contribution in [0.15, 0.2) is 102 Å². The second-order valence-electron chi connectivity index (χ2n) is 10.2. The topological polar surface area (TPSA) is 72.9 Å². The van der Waals surface area contributed by atoms with Gasteiger partial charge in [-0.2, -0.15) is 8.42 Å². The molecule has 1 fully saturated rings. The van der Waals surface area contributed by atoms with Crippen molar-refractivity contribution in [3.63, 3.8) is 0 Å². The molecule has 6 nitrogen and oxygen atoms in total. The fourth-order valence-electron chi connectivity index (χ4n) is 5.50. The molecule has 6 rings (SSSR count). The smallest absolute Gasteiger partial charge is 0.339 e. The van der Waals surface area contributed by atoms with Gasteiger partial charge < -0.3 is 8.92 Å². The Morgan fingerprint density at radius 3 is 2.15 bits per heavy atom. The van der Waals surface area contributed by atoms with Crippen molar-refractivity contribution in [2.75, 3.05) is 0 Å². The number of rotatable bonds is 6. The zero-order valence-corrected chi connectivity index (χ0v) is 23.3. The molecular weight excluding hydrogens is 546 g/mol. The molecule has 1 aliphatic heterocycles. The molecule has 2 aliphatic rings. The van der Waals surface area contributed by atoms with Gasteiger partial charge in [0.1, 0.15) is 16.4 Å². The molecule has 1 amide bonds. The number of hydrogen-bond donors (Lipinski definition) is 0. The van der Waals surface area contributed by atoms with Crippen molar-refractivity contribution in [3.8, 4) is 22.6 Å². The van der Waals surface area contributed by atoms with Gasteiger partial charge >= 0.3 is 10.1 Å². The third-order valence-corrected chi connectivity index (χ3v) is 9.08. The molecule has 40 heavy (non-hydrogen) atoms. The van der Waals surface area contributed by atoms with Crippen molar-refractivity contribution in [2.24, 2.45) is 0 Å². The number of carbonyl (C=O) groups is 1. The van der Waals surface area contributed by atoms with Gasteiger partial charge in [0.25, 0.3) is 5.91 Å². The van der Waals surface area contributed by atoms with E-state index in [1.165, 1.54) is 24.3 Å². The molecule has 0 unspecified atom stereocenters. The number of ether oxygens (including phenoxy) is 1. The fraction of sp³-hybridized carbons (Fsp3) is 0.219. The van der Waals surface area contributed by atoms with Crippen LogP contribution in [0.3, 0.4) is 0 Å². The predicted octanol–water partition coefficient (Wildman–Crippen LogP) is 7.47. The highest BCUT2D eigenvalue weighted by Crippen LogP contribution is 2.44. The number of hydrogen-bond acceptors (Lipinski definition) is 5. The molecule has 0 radical (unpaired) electrons. The zero-order chi connectivity index (χ0) is 27.7. The van der Waals surface area contributed by atoms with Gasteiger partial charge in [0.05, 0.1) is 5.56 Å². The Hall–Kier alpha value is -3.81. The Morgan fingerprint density at radius 1 is 0.825 bits per heavy atom. The maximum atomic E-state index is 13.8. The van der Waals surface area contributed by atoms with Crippen LogP contribution in [0.25, 0.3) is 11.1 Å². The second kappa shape index (κ2) is 10.6. The summed E-state index contributed by atoms with van der Waals surface area (Å²) in [7, 11) is -4.12. The summed E-state index contributed by atoms with van der Waals surface area (Å²) in [6.07, 6.45) is 4.42. The van der Waals surface area contributed by atoms with E-state index in [4.69, 9.17) is 20.5 Å². The Morgan fingerprint density at radius 2 is 1.48 bits per heavy atom. The summed E-state index contributed by atoms with van der Waals surface area (Å²) in [6, 6.07) is 28.3. The van der Waals surface area contributed by atoms with E-state index in [1.807, 2.05) is 47.4 Å². The molecule has 0 bridgehead atoms. The minimum absolute atomic E-state index is 0.0257. The lowest BCUT2D eigenvalue weighted by molar-refractivity contribution is -0.103. The molecule has 8 heteroatoms. The van der Waals surface area contributed by atoms with E-state index in [0.717, 1.165) is 36.0 Å². The largest absolute Gasteiger partial charge is 0.467 e. The Bertz CT molecular complexity index is 1630. The standard InChI is InChI=1S/C32H28ClNO5S/c33-26-13-9-24(10-14-26)25-11-16-28(17-12-25)40(36,37)39-27-15-18-29-30(21-27)38-32(19-5-2-6-20-32)34(31(29)35)22-23-7-3-1-4-8-23/h1,3-4,7-18,21H,2,5-6,19-20,22H2. The molecule has 204 valence electrons. The van der Waals surface area contributed by atoms with Gasteiger partial charge in [0.2, 0.25) is 0 Å². The van der Waals surface area contributed by atoms with Crippen LogP contribution in [0, 0.1) is 0 Å². The van der Waals surface area contributed by atoms with Crippen LogP contribution in [0.1, 0.15) is 48.0 Å². The average Bonchev–Trinajstić information content (AvgIpc) is 2.96. The first-order chi connectivity index (χ1) is 19.3. The van der Waals surface area contributed by atoms with Crippen molar-refractivity contribution in [1.82, 2.24) is 4.90 Å². The van der Waals surface area contributed by atoms with E-state index >= 15 is 0 Å². The van der Waals surface area contributed by atoms with Gasteiger partial charge in [-0.15, -0.1) is 0 Å². The highest BCUT2D eigenvalue weighted by Gasteiger charge is 2.47. The molecular formula is C32H28ClNO5S. The summed E-state index contributed by atoms with van der Waals surface area (Å²) >= 11 is 5.97. The molecule has 4 aromatic rings. The minimum atomic E-state index is -4.12. The highest BCUT2D eigenvalue weighted by atomic mass is 35.5. The average molecular weight is 574 g/mol. The Labute approximate surface area is 239 Å². The minimum Gasteiger partial charge on any atom is -0.467 e. The van der Waals surface area contributed by atoms with E-state index < -0.39 is 15.8 Å². The monoisotopic (exact) mass is 573 g/mol. The third kappa shape index (κ3) is 5.19. The van der Waals surface area contributed by atoms with Crippen LogP contribution in [-0.4, -0.2) is 24.9 Å². The number of benzene rings is 4. The lowest BCUT2D eigenvalue weighted by Gasteiger charge is -2.49. The van der Waals surface area contributed by atoms with E-state index in [1.54, 1.807) is 30.3 Å². The fourth-order valence-corrected chi connectivity index (χ4v) is 6.54. The van der Waals surface area contributed by atoms with E-state index in [2.05, 4.69) is 0 Å². The first-order valence-electron chi connectivity index (χ1n) is 13.3. The van der Waals surface area contributed by atoms with Crippen molar-refractivity contribution in [1.29, 1.82) is 0 Å². The summed E-state index contributed by atoms with van der Waals surface area (Å²) < 4.78 is 38.3. The number of halogens is 1. The van der Waals surface area contributed by atoms with Gasteiger partial charge in [-0.1, -0.05) is 72.6 Å². The quantitative estimate of drug-likeness (QED) is 0.224. The number of carbonyl (C=O) groups excluding carboxylic acids is 1. The van der Waals surface area contributed by atoms with Crippen LogP contribution in [0.5, 0.6) is 11.5 Å². The molecule has 0 aromatic heterocycles. The molecule has 0 N–H and O–H groups in total. The first kappa shape index (κ1) is 26.4. The molecule has 0 atom stereocenters. The van der Waals surface area contributed by atoms with E-state index in [9.17, 15) is 13.2 Å².